The molecule has 19 heavy (non-hydrogen) atoms. The molecule has 1 aliphatic rings. The van der Waals surface area contributed by atoms with Crippen LogP contribution in [0.2, 0.25) is 0 Å². The molecule has 1 aromatic heterocycles. The number of likely N-dealkylation sites (tertiary alicyclic amines) is 1. The molecule has 1 saturated heterocycles. The van der Waals surface area contributed by atoms with Crippen LogP contribution in [0.5, 0.6) is 0 Å². The molecule has 3 nitrogen and oxygen atoms in total. The predicted octanol–water partition coefficient (Wildman–Crippen LogP) is 3.49. The molecule has 0 bridgehead atoms. The molecular formula is C14H16FN3S. The van der Waals surface area contributed by atoms with Gasteiger partial charge in [-0.25, -0.2) is 4.39 Å². The van der Waals surface area contributed by atoms with Crippen LogP contribution in [0, 0.1) is 5.82 Å². The Kier molecular flexibility index (Phi) is 3.75. The Morgan fingerprint density at radius 2 is 1.95 bits per heavy atom. The van der Waals surface area contributed by atoms with Crippen LogP contribution in [-0.2, 0) is 0 Å². The van der Waals surface area contributed by atoms with Crippen LogP contribution in [0.1, 0.15) is 23.9 Å². The van der Waals surface area contributed by atoms with E-state index in [-0.39, 0.29) is 12.0 Å². The maximum atomic E-state index is 13.0. The van der Waals surface area contributed by atoms with Crippen LogP contribution in [-0.4, -0.2) is 23.0 Å². The highest BCUT2D eigenvalue weighted by Crippen LogP contribution is 2.28. The molecule has 1 fully saturated rings. The molecule has 3 rings (SSSR count). The highest BCUT2D eigenvalue weighted by atomic mass is 32.1. The van der Waals surface area contributed by atoms with E-state index in [4.69, 9.17) is 0 Å². The Labute approximate surface area is 116 Å². The van der Waals surface area contributed by atoms with Crippen molar-refractivity contribution in [3.63, 3.8) is 0 Å². The van der Waals surface area contributed by atoms with Crippen molar-refractivity contribution in [1.82, 2.24) is 9.88 Å². The molecule has 1 aliphatic heterocycles. The monoisotopic (exact) mass is 277 g/mol. The molecule has 0 amide bonds. The minimum atomic E-state index is -0.207. The van der Waals surface area contributed by atoms with Gasteiger partial charge in [-0.2, -0.15) is 0 Å². The van der Waals surface area contributed by atoms with Crippen molar-refractivity contribution in [2.45, 2.75) is 19.0 Å². The molecule has 2 heterocycles. The fourth-order valence-electron chi connectivity index (χ4n) is 2.41. The number of nitrogens with zero attached hydrogens (tertiary/aromatic N) is 2. The number of aromatic nitrogens is 1. The first-order valence-corrected chi connectivity index (χ1v) is 7.35. The van der Waals surface area contributed by atoms with E-state index in [1.165, 1.54) is 29.9 Å². The highest BCUT2D eigenvalue weighted by Gasteiger charge is 2.24. The lowest BCUT2D eigenvalue weighted by Crippen LogP contribution is -2.30. The van der Waals surface area contributed by atoms with Gasteiger partial charge in [0.15, 0.2) is 0 Å². The van der Waals surface area contributed by atoms with Gasteiger partial charge in [-0.1, -0.05) is 0 Å². The van der Waals surface area contributed by atoms with E-state index in [9.17, 15) is 4.39 Å². The van der Waals surface area contributed by atoms with Crippen LogP contribution in [0.25, 0.3) is 0 Å². The summed E-state index contributed by atoms with van der Waals surface area (Å²) in [5, 5.41) is 3.48. The second-order valence-electron chi connectivity index (χ2n) is 4.70. The first-order valence-electron chi connectivity index (χ1n) is 6.47. The number of hydrogen-bond donors (Lipinski definition) is 1. The molecule has 5 heteroatoms. The topological polar surface area (TPSA) is 28.2 Å². The average molecular weight is 277 g/mol. The Morgan fingerprint density at radius 1 is 1.21 bits per heavy atom. The lowest BCUT2D eigenvalue weighted by Gasteiger charge is -2.28. The van der Waals surface area contributed by atoms with Gasteiger partial charge in [0.2, 0.25) is 0 Å². The molecular weight excluding hydrogens is 261 g/mol. The largest absolute Gasteiger partial charge is 0.365 e. The van der Waals surface area contributed by atoms with E-state index < -0.39 is 0 Å². The quantitative estimate of drug-likeness (QED) is 0.927. The Morgan fingerprint density at radius 3 is 2.58 bits per heavy atom. The first-order chi connectivity index (χ1) is 9.33. The third-order valence-corrected chi connectivity index (χ3v) is 4.20. The maximum Gasteiger partial charge on any atom is 0.123 e. The average Bonchev–Trinajstić information content (AvgIpc) is 3.11. The SMILES string of the molecule is Fc1ccc(NC(c2cncs2)N2CCCC2)cc1. The minimum Gasteiger partial charge on any atom is -0.365 e. The smallest absolute Gasteiger partial charge is 0.123 e. The van der Waals surface area contributed by atoms with Crippen molar-refractivity contribution in [3.05, 3.63) is 46.7 Å². The first kappa shape index (κ1) is 12.6. The van der Waals surface area contributed by atoms with Gasteiger partial charge in [0.1, 0.15) is 12.0 Å². The Balaban J connectivity index is 1.81. The fourth-order valence-corrected chi connectivity index (χ4v) is 3.11. The molecule has 1 unspecified atom stereocenters. The van der Waals surface area contributed by atoms with Gasteiger partial charge in [-0.3, -0.25) is 9.88 Å². The van der Waals surface area contributed by atoms with E-state index in [0.717, 1.165) is 18.8 Å². The molecule has 0 aliphatic carbocycles. The highest BCUT2D eigenvalue weighted by molar-refractivity contribution is 7.09. The fraction of sp³-hybridized carbons (Fsp3) is 0.357. The second kappa shape index (κ2) is 5.67. The molecule has 1 N–H and O–H groups in total. The van der Waals surface area contributed by atoms with E-state index in [1.54, 1.807) is 23.5 Å². The lowest BCUT2D eigenvalue weighted by atomic mass is 10.3. The lowest BCUT2D eigenvalue weighted by molar-refractivity contribution is 0.274. The normalized spacial score (nSPS) is 17.5. The van der Waals surface area contributed by atoms with Gasteiger partial charge in [-0.15, -0.1) is 11.3 Å². The molecule has 0 radical (unpaired) electrons. The predicted molar refractivity (Wildman–Crippen MR) is 75.7 cm³/mol. The van der Waals surface area contributed by atoms with E-state index in [0.29, 0.717) is 0 Å². The zero-order chi connectivity index (χ0) is 13.1. The summed E-state index contributed by atoms with van der Waals surface area (Å²) in [5.74, 6) is -0.207. The third kappa shape index (κ3) is 2.93. The zero-order valence-corrected chi connectivity index (χ0v) is 11.4. The van der Waals surface area contributed by atoms with Crippen molar-refractivity contribution < 1.29 is 4.39 Å². The van der Waals surface area contributed by atoms with Crippen molar-refractivity contribution >= 4 is 17.0 Å². The summed E-state index contributed by atoms with van der Waals surface area (Å²) in [6.07, 6.45) is 4.52. The Hall–Kier alpha value is -1.46. The van der Waals surface area contributed by atoms with Gasteiger partial charge in [0.25, 0.3) is 0 Å². The number of halogens is 1. The zero-order valence-electron chi connectivity index (χ0n) is 10.6. The van der Waals surface area contributed by atoms with Gasteiger partial charge >= 0.3 is 0 Å². The summed E-state index contributed by atoms with van der Waals surface area (Å²) in [4.78, 5) is 7.78. The van der Waals surface area contributed by atoms with E-state index >= 15 is 0 Å². The Bertz CT molecular complexity index is 506. The van der Waals surface area contributed by atoms with Crippen LogP contribution < -0.4 is 5.32 Å². The minimum absolute atomic E-state index is 0.139. The number of thiazole rings is 1. The van der Waals surface area contributed by atoms with Crippen LogP contribution in [0.15, 0.2) is 36.0 Å². The summed E-state index contributed by atoms with van der Waals surface area (Å²) >= 11 is 1.65. The number of hydrogen-bond acceptors (Lipinski definition) is 4. The van der Waals surface area contributed by atoms with Gasteiger partial charge in [-0.05, 0) is 37.1 Å². The summed E-state index contributed by atoms with van der Waals surface area (Å²) in [5.41, 5.74) is 2.79. The van der Waals surface area contributed by atoms with Crippen molar-refractivity contribution in [1.29, 1.82) is 0 Å². The summed E-state index contributed by atoms with van der Waals surface area (Å²) in [6.45, 7) is 2.19. The molecule has 1 aromatic carbocycles. The van der Waals surface area contributed by atoms with Crippen LogP contribution in [0.3, 0.4) is 0 Å². The van der Waals surface area contributed by atoms with E-state index in [2.05, 4.69) is 15.2 Å². The van der Waals surface area contributed by atoms with Gasteiger partial charge in [0, 0.05) is 25.0 Å². The van der Waals surface area contributed by atoms with Gasteiger partial charge in [0.05, 0.1) is 10.4 Å². The molecule has 1 atom stereocenters. The van der Waals surface area contributed by atoms with Gasteiger partial charge < -0.3 is 5.32 Å². The van der Waals surface area contributed by atoms with Crippen molar-refractivity contribution in [2.24, 2.45) is 0 Å². The molecule has 0 saturated carbocycles. The van der Waals surface area contributed by atoms with Crippen LogP contribution in [0.4, 0.5) is 10.1 Å². The number of nitrogens with one attached hydrogen (secondary N) is 1. The standard InChI is InChI=1S/C14H16FN3S/c15-11-3-5-12(6-4-11)17-14(13-9-16-10-19-13)18-7-1-2-8-18/h3-6,9-10,14,17H,1-2,7-8H2. The summed E-state index contributed by atoms with van der Waals surface area (Å²) in [7, 11) is 0. The molecule has 100 valence electrons. The summed E-state index contributed by atoms with van der Waals surface area (Å²) in [6, 6.07) is 6.52. The second-order valence-corrected chi connectivity index (χ2v) is 5.62. The van der Waals surface area contributed by atoms with Crippen molar-refractivity contribution in [3.8, 4) is 0 Å². The summed E-state index contributed by atoms with van der Waals surface area (Å²) < 4.78 is 13.0. The number of rotatable bonds is 4. The number of anilines is 1. The maximum absolute atomic E-state index is 13.0. The van der Waals surface area contributed by atoms with Crippen LogP contribution >= 0.6 is 11.3 Å². The molecule has 2 aromatic rings. The third-order valence-electron chi connectivity index (χ3n) is 3.37. The molecule has 0 spiro atoms. The number of benzene rings is 1. The van der Waals surface area contributed by atoms with E-state index in [1.807, 2.05) is 11.7 Å². The van der Waals surface area contributed by atoms with Crippen molar-refractivity contribution in [2.75, 3.05) is 18.4 Å².